The van der Waals surface area contributed by atoms with Crippen LogP contribution in [-0.4, -0.2) is 29.3 Å². The lowest BCUT2D eigenvalue weighted by Gasteiger charge is -2.21. The smallest absolute Gasteiger partial charge is 0.303 e. The molecule has 0 saturated heterocycles. The fraction of sp³-hybridized carbons (Fsp3) is 0.704. The summed E-state index contributed by atoms with van der Waals surface area (Å²) in [6.07, 6.45) is 13.7. The van der Waals surface area contributed by atoms with Crippen molar-refractivity contribution < 1.29 is 24.2 Å². The quantitative estimate of drug-likeness (QED) is 0.171. The molecule has 1 aromatic rings. The molecular weight excluding hydrogens is 404 g/mol. The molecule has 1 N–H and O–H groups in total. The topological polar surface area (TPSA) is 72.8 Å². The highest BCUT2D eigenvalue weighted by Crippen LogP contribution is 2.20. The number of hydrogen-bond acceptors (Lipinski definition) is 4. The number of rotatable bonds is 20. The highest BCUT2D eigenvalue weighted by Gasteiger charge is 2.15. The van der Waals surface area contributed by atoms with Gasteiger partial charge in [0.25, 0.3) is 0 Å². The molecule has 0 amide bonds. The van der Waals surface area contributed by atoms with E-state index in [1.54, 1.807) is 0 Å². The van der Waals surface area contributed by atoms with Gasteiger partial charge in [0.15, 0.2) is 0 Å². The van der Waals surface area contributed by atoms with Crippen molar-refractivity contribution in [1.29, 1.82) is 0 Å². The molecule has 0 radical (unpaired) electrons. The molecular formula is C27H44O5. The monoisotopic (exact) mass is 448 g/mol. The molecule has 0 aliphatic heterocycles. The molecule has 182 valence electrons. The molecule has 32 heavy (non-hydrogen) atoms. The van der Waals surface area contributed by atoms with Gasteiger partial charge in [0.1, 0.15) is 6.10 Å². The number of carboxylic acids is 1. The lowest BCUT2D eigenvalue weighted by Crippen LogP contribution is -2.18. The summed E-state index contributed by atoms with van der Waals surface area (Å²) in [6.45, 7) is 4.31. The summed E-state index contributed by atoms with van der Waals surface area (Å²) in [7, 11) is 0. The van der Waals surface area contributed by atoms with Crippen LogP contribution in [0, 0.1) is 0 Å². The summed E-state index contributed by atoms with van der Waals surface area (Å²) < 4.78 is 11.7. The number of carbonyl (C=O) groups excluding carboxylic acids is 1. The van der Waals surface area contributed by atoms with Crippen LogP contribution < -0.4 is 0 Å². The van der Waals surface area contributed by atoms with Gasteiger partial charge in [-0.2, -0.15) is 0 Å². The van der Waals surface area contributed by atoms with Gasteiger partial charge in [-0.1, -0.05) is 75.8 Å². The van der Waals surface area contributed by atoms with Crippen LogP contribution in [-0.2, 0) is 25.7 Å². The first-order valence-electron chi connectivity index (χ1n) is 12.6. The Morgan fingerprint density at radius 3 is 2.09 bits per heavy atom. The van der Waals surface area contributed by atoms with Crippen LogP contribution in [0.4, 0.5) is 0 Å². The van der Waals surface area contributed by atoms with Gasteiger partial charge >= 0.3 is 11.9 Å². The molecule has 1 aromatic carbocycles. The molecule has 0 aromatic heterocycles. The van der Waals surface area contributed by atoms with Crippen molar-refractivity contribution in [3.05, 3.63) is 35.9 Å². The number of ether oxygens (including phenoxy) is 2. The minimum atomic E-state index is -0.776. The first kappa shape index (κ1) is 28.2. The Balaban J connectivity index is 2.44. The van der Waals surface area contributed by atoms with Gasteiger partial charge in [0.05, 0.1) is 12.7 Å². The van der Waals surface area contributed by atoms with Gasteiger partial charge < -0.3 is 14.6 Å². The SMILES string of the molecule is CCCCCCCCC(CCCC(CCCCC(=O)O)OC(C)=O)OCc1ccccc1. The summed E-state index contributed by atoms with van der Waals surface area (Å²) >= 11 is 0. The van der Waals surface area contributed by atoms with Crippen molar-refractivity contribution in [2.75, 3.05) is 0 Å². The first-order chi connectivity index (χ1) is 15.5. The molecule has 0 spiro atoms. The third-order valence-electron chi connectivity index (χ3n) is 5.76. The number of carboxylic acid groups (broad SMARTS) is 1. The maximum absolute atomic E-state index is 11.5. The zero-order valence-electron chi connectivity index (χ0n) is 20.2. The van der Waals surface area contributed by atoms with E-state index in [2.05, 4.69) is 19.1 Å². The fourth-order valence-corrected chi connectivity index (χ4v) is 3.97. The van der Waals surface area contributed by atoms with E-state index >= 15 is 0 Å². The maximum Gasteiger partial charge on any atom is 0.303 e. The van der Waals surface area contributed by atoms with E-state index in [1.165, 1.54) is 51.0 Å². The van der Waals surface area contributed by atoms with E-state index in [9.17, 15) is 9.59 Å². The molecule has 0 saturated carbocycles. The van der Waals surface area contributed by atoms with Crippen LogP contribution in [0.15, 0.2) is 30.3 Å². The molecule has 0 aliphatic carbocycles. The van der Waals surface area contributed by atoms with E-state index in [1.807, 2.05) is 18.2 Å². The van der Waals surface area contributed by atoms with Crippen LogP contribution in [0.3, 0.4) is 0 Å². The second kappa shape index (κ2) is 18.7. The van der Waals surface area contributed by atoms with Gasteiger partial charge in [0.2, 0.25) is 0 Å². The Labute approximate surface area is 194 Å². The van der Waals surface area contributed by atoms with Gasteiger partial charge in [-0.25, -0.2) is 0 Å². The average Bonchev–Trinajstić information content (AvgIpc) is 2.76. The molecule has 0 heterocycles. The van der Waals surface area contributed by atoms with E-state index < -0.39 is 5.97 Å². The summed E-state index contributed by atoms with van der Waals surface area (Å²) in [6, 6.07) is 10.3. The van der Waals surface area contributed by atoms with Crippen molar-refractivity contribution in [2.24, 2.45) is 0 Å². The normalized spacial score (nSPS) is 12.9. The molecule has 0 fully saturated rings. The van der Waals surface area contributed by atoms with Crippen molar-refractivity contribution >= 4 is 11.9 Å². The van der Waals surface area contributed by atoms with E-state index in [0.717, 1.165) is 38.5 Å². The van der Waals surface area contributed by atoms with Gasteiger partial charge in [-0.3, -0.25) is 9.59 Å². The number of benzene rings is 1. The lowest BCUT2D eigenvalue weighted by atomic mass is 10.00. The predicted octanol–water partition coefficient (Wildman–Crippen LogP) is 7.07. The number of unbranched alkanes of at least 4 members (excludes halogenated alkanes) is 6. The number of hydrogen-bond donors (Lipinski definition) is 1. The van der Waals surface area contributed by atoms with Crippen LogP contribution >= 0.6 is 0 Å². The largest absolute Gasteiger partial charge is 0.481 e. The molecule has 0 bridgehead atoms. The van der Waals surface area contributed by atoms with Crippen LogP contribution in [0.1, 0.15) is 109 Å². The molecule has 2 atom stereocenters. The lowest BCUT2D eigenvalue weighted by molar-refractivity contribution is -0.147. The minimum Gasteiger partial charge on any atom is -0.481 e. The van der Waals surface area contributed by atoms with Crippen molar-refractivity contribution in [2.45, 2.75) is 123 Å². The third-order valence-corrected chi connectivity index (χ3v) is 5.76. The summed E-state index contributed by atoms with van der Waals surface area (Å²) in [5.74, 6) is -1.04. The van der Waals surface area contributed by atoms with Crippen molar-refractivity contribution in [1.82, 2.24) is 0 Å². The Bertz CT molecular complexity index is 601. The number of esters is 1. The minimum absolute atomic E-state index is 0.134. The van der Waals surface area contributed by atoms with Gasteiger partial charge in [-0.15, -0.1) is 0 Å². The molecule has 2 unspecified atom stereocenters. The van der Waals surface area contributed by atoms with Gasteiger partial charge in [0, 0.05) is 13.3 Å². The van der Waals surface area contributed by atoms with E-state index in [-0.39, 0.29) is 24.6 Å². The van der Waals surface area contributed by atoms with E-state index in [4.69, 9.17) is 14.6 Å². The van der Waals surface area contributed by atoms with Crippen molar-refractivity contribution in [3.63, 3.8) is 0 Å². The summed E-state index contributed by atoms with van der Waals surface area (Å²) in [5, 5.41) is 8.79. The van der Waals surface area contributed by atoms with Crippen LogP contribution in [0.2, 0.25) is 0 Å². The standard InChI is InChI=1S/C27H44O5/c1-3-4-5-6-7-11-17-25(31-22-24-15-9-8-10-16-24)19-14-20-26(32-23(2)28)18-12-13-21-27(29)30/h8-10,15-16,25-26H,3-7,11-14,17-22H2,1-2H3,(H,29,30). The zero-order chi connectivity index (χ0) is 23.4. The first-order valence-corrected chi connectivity index (χ1v) is 12.6. The number of aliphatic carboxylic acids is 1. The molecule has 0 aliphatic rings. The Hall–Kier alpha value is -1.88. The van der Waals surface area contributed by atoms with Crippen LogP contribution in [0.5, 0.6) is 0 Å². The highest BCUT2D eigenvalue weighted by atomic mass is 16.5. The second-order valence-electron chi connectivity index (χ2n) is 8.78. The average molecular weight is 449 g/mol. The predicted molar refractivity (Wildman–Crippen MR) is 129 cm³/mol. The molecule has 1 rings (SSSR count). The third kappa shape index (κ3) is 15.9. The van der Waals surface area contributed by atoms with Crippen LogP contribution in [0.25, 0.3) is 0 Å². The van der Waals surface area contributed by atoms with Gasteiger partial charge in [-0.05, 0) is 50.5 Å². The number of carbonyl (C=O) groups is 2. The van der Waals surface area contributed by atoms with E-state index in [0.29, 0.717) is 13.0 Å². The Morgan fingerprint density at radius 1 is 0.812 bits per heavy atom. The zero-order valence-corrected chi connectivity index (χ0v) is 20.2. The second-order valence-corrected chi connectivity index (χ2v) is 8.78. The summed E-state index contributed by atoms with van der Waals surface area (Å²) in [4.78, 5) is 22.2. The Kier molecular flexibility index (Phi) is 16.4. The fourth-order valence-electron chi connectivity index (χ4n) is 3.97. The highest BCUT2D eigenvalue weighted by molar-refractivity contribution is 5.66. The molecule has 5 heteroatoms. The van der Waals surface area contributed by atoms with Crippen molar-refractivity contribution in [3.8, 4) is 0 Å². The molecule has 5 nitrogen and oxygen atoms in total. The Morgan fingerprint density at radius 2 is 1.41 bits per heavy atom. The summed E-state index contributed by atoms with van der Waals surface area (Å²) in [5.41, 5.74) is 1.19. The maximum atomic E-state index is 11.5.